The second-order valence-corrected chi connectivity index (χ2v) is 6.22. The van der Waals surface area contributed by atoms with E-state index in [-0.39, 0.29) is 0 Å². The maximum atomic E-state index is 4.59. The van der Waals surface area contributed by atoms with E-state index in [9.17, 15) is 0 Å². The van der Waals surface area contributed by atoms with Crippen LogP contribution in [0.5, 0.6) is 0 Å². The molecule has 0 amide bonds. The topological polar surface area (TPSA) is 28.0 Å². The maximum Gasteiger partial charge on any atom is 0.117 e. The van der Waals surface area contributed by atoms with Gasteiger partial charge in [0.25, 0.3) is 0 Å². The molecule has 0 fully saturated rings. The van der Waals surface area contributed by atoms with Gasteiger partial charge in [-0.1, -0.05) is 71.8 Å². The molecule has 0 aliphatic rings. The monoisotopic (exact) mass is 307 g/mol. The van der Waals surface area contributed by atoms with Crippen molar-refractivity contribution in [2.45, 2.75) is 78.1 Å². The fourth-order valence-corrected chi connectivity index (χ4v) is 2.76. The van der Waals surface area contributed by atoms with Gasteiger partial charge in [-0.3, -0.25) is 0 Å². The second kappa shape index (κ2) is 14.8. The third-order valence-corrected chi connectivity index (χ3v) is 4.00. The van der Waals surface area contributed by atoms with E-state index in [1.165, 1.54) is 76.2 Å². The van der Waals surface area contributed by atoms with Crippen LogP contribution in [0.2, 0.25) is 0 Å². The standard InChI is InChI=1S/C19H37N3/c1-6-9-11-13-15-18(16-14-12-10-7-2)19(22(4)5)21-17-20-8-3/h8,17-18H,3,6-7,9-16H2,1-2,4-5H3/b20-17-,21-19-. The van der Waals surface area contributed by atoms with Gasteiger partial charge >= 0.3 is 0 Å². The Balaban J connectivity index is 4.68. The molecule has 0 rings (SSSR count). The molecule has 3 heteroatoms. The fraction of sp³-hybridized carbons (Fsp3) is 0.789. The van der Waals surface area contributed by atoms with Crippen LogP contribution in [0.1, 0.15) is 78.1 Å². The van der Waals surface area contributed by atoms with Crippen LogP contribution >= 0.6 is 0 Å². The zero-order valence-corrected chi connectivity index (χ0v) is 15.4. The Morgan fingerprint density at radius 1 is 0.955 bits per heavy atom. The summed E-state index contributed by atoms with van der Waals surface area (Å²) in [6.45, 7) is 8.14. The Morgan fingerprint density at radius 3 is 1.91 bits per heavy atom. The number of hydrogen-bond donors (Lipinski definition) is 0. The Bertz CT molecular complexity index is 307. The van der Waals surface area contributed by atoms with Gasteiger partial charge < -0.3 is 4.90 Å². The minimum absolute atomic E-state index is 0.556. The lowest BCUT2D eigenvalue weighted by molar-refractivity contribution is 0.452. The fourth-order valence-electron chi connectivity index (χ4n) is 2.76. The Hall–Kier alpha value is -1.12. The number of nitrogens with zero attached hydrogens (tertiary/aromatic N) is 3. The normalized spacial score (nSPS) is 12.3. The summed E-state index contributed by atoms with van der Waals surface area (Å²) < 4.78 is 0. The quantitative estimate of drug-likeness (QED) is 0.244. The van der Waals surface area contributed by atoms with Crippen molar-refractivity contribution in [1.29, 1.82) is 0 Å². The second-order valence-electron chi connectivity index (χ2n) is 6.22. The SMILES string of the molecule is C=C/N=C\N=C(\C(CCCCCC)CCCCCC)N(C)C. The van der Waals surface area contributed by atoms with Gasteiger partial charge in [-0.25, -0.2) is 9.98 Å². The van der Waals surface area contributed by atoms with Gasteiger partial charge in [0.05, 0.1) is 0 Å². The lowest BCUT2D eigenvalue weighted by Gasteiger charge is -2.24. The smallest absolute Gasteiger partial charge is 0.117 e. The zero-order valence-electron chi connectivity index (χ0n) is 15.4. The van der Waals surface area contributed by atoms with Crippen molar-refractivity contribution in [2.75, 3.05) is 14.1 Å². The molecule has 0 heterocycles. The van der Waals surface area contributed by atoms with E-state index < -0.39 is 0 Å². The highest BCUT2D eigenvalue weighted by Crippen LogP contribution is 2.21. The highest BCUT2D eigenvalue weighted by Gasteiger charge is 2.17. The molecule has 0 saturated heterocycles. The number of rotatable bonds is 13. The first-order valence-corrected chi connectivity index (χ1v) is 9.04. The molecule has 0 aromatic carbocycles. The van der Waals surface area contributed by atoms with Crippen LogP contribution in [0.4, 0.5) is 0 Å². The van der Waals surface area contributed by atoms with Crippen molar-refractivity contribution in [3.05, 3.63) is 12.8 Å². The minimum atomic E-state index is 0.556. The first-order chi connectivity index (χ1) is 10.7. The van der Waals surface area contributed by atoms with Crippen LogP contribution in [-0.4, -0.2) is 31.2 Å². The molecule has 0 aliphatic carbocycles. The first-order valence-electron chi connectivity index (χ1n) is 9.04. The molecule has 0 aromatic rings. The van der Waals surface area contributed by atoms with Gasteiger partial charge in [0.15, 0.2) is 0 Å². The lowest BCUT2D eigenvalue weighted by Crippen LogP contribution is -2.30. The van der Waals surface area contributed by atoms with Crippen LogP contribution in [-0.2, 0) is 0 Å². The molecular formula is C19H37N3. The summed E-state index contributed by atoms with van der Waals surface area (Å²) in [5.74, 6) is 1.72. The number of unbranched alkanes of at least 4 members (excludes halogenated alkanes) is 6. The summed E-state index contributed by atoms with van der Waals surface area (Å²) in [7, 11) is 4.18. The van der Waals surface area contributed by atoms with Crippen molar-refractivity contribution in [3.8, 4) is 0 Å². The van der Waals surface area contributed by atoms with E-state index in [1.54, 1.807) is 6.34 Å². The van der Waals surface area contributed by atoms with Gasteiger partial charge in [0.2, 0.25) is 0 Å². The summed E-state index contributed by atoms with van der Waals surface area (Å²) >= 11 is 0. The van der Waals surface area contributed by atoms with Gasteiger partial charge in [0.1, 0.15) is 12.2 Å². The molecular weight excluding hydrogens is 270 g/mol. The average molecular weight is 308 g/mol. The van der Waals surface area contributed by atoms with Crippen molar-refractivity contribution < 1.29 is 0 Å². The average Bonchev–Trinajstić information content (AvgIpc) is 2.50. The summed E-state index contributed by atoms with van der Waals surface area (Å²) in [5.41, 5.74) is 0. The van der Waals surface area contributed by atoms with Gasteiger partial charge in [-0.05, 0) is 12.8 Å². The summed E-state index contributed by atoms with van der Waals surface area (Å²) in [6, 6.07) is 0. The summed E-state index contributed by atoms with van der Waals surface area (Å²) in [6.07, 6.45) is 16.2. The molecule has 22 heavy (non-hydrogen) atoms. The molecule has 0 spiro atoms. The van der Waals surface area contributed by atoms with Crippen LogP contribution in [0.3, 0.4) is 0 Å². The summed E-state index contributed by atoms with van der Waals surface area (Å²) in [5, 5.41) is 0. The Kier molecular flexibility index (Phi) is 14.0. The number of amidine groups is 1. The van der Waals surface area contributed by atoms with E-state index in [4.69, 9.17) is 0 Å². The van der Waals surface area contributed by atoms with Gasteiger partial charge in [0, 0.05) is 26.2 Å². The minimum Gasteiger partial charge on any atom is -0.366 e. The molecule has 3 nitrogen and oxygen atoms in total. The van der Waals surface area contributed by atoms with Crippen molar-refractivity contribution in [2.24, 2.45) is 15.9 Å². The predicted molar refractivity (Wildman–Crippen MR) is 101 cm³/mol. The van der Waals surface area contributed by atoms with Gasteiger partial charge in [-0.2, -0.15) is 0 Å². The summed E-state index contributed by atoms with van der Waals surface area (Å²) in [4.78, 5) is 10.8. The highest BCUT2D eigenvalue weighted by atomic mass is 15.1. The molecule has 0 N–H and O–H groups in total. The van der Waals surface area contributed by atoms with Crippen LogP contribution in [0, 0.1) is 5.92 Å². The zero-order chi connectivity index (χ0) is 16.6. The first kappa shape index (κ1) is 20.9. The molecule has 0 unspecified atom stereocenters. The maximum absolute atomic E-state index is 4.59. The van der Waals surface area contributed by atoms with E-state index in [2.05, 4.69) is 49.4 Å². The number of hydrogen-bond acceptors (Lipinski definition) is 1. The van der Waals surface area contributed by atoms with E-state index >= 15 is 0 Å². The van der Waals surface area contributed by atoms with Crippen molar-refractivity contribution in [3.63, 3.8) is 0 Å². The molecule has 0 aromatic heterocycles. The van der Waals surface area contributed by atoms with Crippen LogP contribution < -0.4 is 0 Å². The highest BCUT2D eigenvalue weighted by molar-refractivity contribution is 5.90. The van der Waals surface area contributed by atoms with Crippen LogP contribution in [0.25, 0.3) is 0 Å². The molecule has 128 valence electrons. The van der Waals surface area contributed by atoms with E-state index in [0.717, 1.165) is 0 Å². The van der Waals surface area contributed by atoms with Crippen LogP contribution in [0.15, 0.2) is 22.8 Å². The molecule has 0 radical (unpaired) electrons. The molecule has 0 atom stereocenters. The largest absolute Gasteiger partial charge is 0.366 e. The van der Waals surface area contributed by atoms with E-state index in [1.807, 2.05) is 0 Å². The third-order valence-electron chi connectivity index (χ3n) is 4.00. The van der Waals surface area contributed by atoms with E-state index in [0.29, 0.717) is 5.92 Å². The number of aliphatic imine (C=N–C) groups is 2. The lowest BCUT2D eigenvalue weighted by atomic mass is 9.93. The van der Waals surface area contributed by atoms with Crippen molar-refractivity contribution in [1.82, 2.24) is 4.90 Å². The van der Waals surface area contributed by atoms with Crippen molar-refractivity contribution >= 4 is 12.2 Å². The predicted octanol–water partition coefficient (Wildman–Crippen LogP) is 5.68. The van der Waals surface area contributed by atoms with Gasteiger partial charge in [-0.15, -0.1) is 0 Å². The molecule has 0 saturated carbocycles. The Labute approximate surface area is 138 Å². The molecule has 0 bridgehead atoms. The molecule has 0 aliphatic heterocycles. The Morgan fingerprint density at radius 2 is 1.50 bits per heavy atom. The third kappa shape index (κ3) is 10.6.